The van der Waals surface area contributed by atoms with Crippen LogP contribution in [0.2, 0.25) is 0 Å². The normalized spacial score (nSPS) is 28.7. The average molecular weight is 375 g/mol. The quantitative estimate of drug-likeness (QED) is 0.549. The van der Waals surface area contributed by atoms with Crippen molar-refractivity contribution >= 4 is 29.6 Å². The lowest BCUT2D eigenvalue weighted by Gasteiger charge is -2.45. The van der Waals surface area contributed by atoms with Crippen LogP contribution in [0.25, 0.3) is 0 Å². The van der Waals surface area contributed by atoms with Gasteiger partial charge in [0.15, 0.2) is 0 Å². The highest BCUT2D eigenvalue weighted by atomic mass is 32.2. The van der Waals surface area contributed by atoms with Crippen molar-refractivity contribution in [2.45, 2.75) is 63.3 Å². The zero-order valence-electron chi connectivity index (χ0n) is 15.4. The maximum Gasteiger partial charge on any atom is 0.329 e. The SMILES string of the molecule is COC(=O)[C@H](CSC1(C)C(C)CCCC1C)NC(=O)[C@@H](N)CC(=O)O. The van der Waals surface area contributed by atoms with Crippen LogP contribution in [-0.2, 0) is 19.1 Å². The molecule has 2 unspecified atom stereocenters. The van der Waals surface area contributed by atoms with Crippen LogP contribution in [0.3, 0.4) is 0 Å². The Morgan fingerprint density at radius 2 is 1.88 bits per heavy atom. The first kappa shape index (κ1) is 21.8. The molecule has 7 nitrogen and oxygen atoms in total. The van der Waals surface area contributed by atoms with Gasteiger partial charge < -0.3 is 20.9 Å². The van der Waals surface area contributed by atoms with Crippen molar-refractivity contribution in [2.24, 2.45) is 17.6 Å². The summed E-state index contributed by atoms with van der Waals surface area (Å²) in [6.45, 7) is 6.65. The largest absolute Gasteiger partial charge is 0.481 e. The number of carbonyl (C=O) groups is 3. The Bertz CT molecular complexity index is 489. The van der Waals surface area contributed by atoms with E-state index in [2.05, 4.69) is 26.1 Å². The molecule has 1 rings (SSSR count). The highest BCUT2D eigenvalue weighted by Crippen LogP contribution is 2.47. The Balaban J connectivity index is 2.74. The molecule has 0 aromatic heterocycles. The number of esters is 1. The summed E-state index contributed by atoms with van der Waals surface area (Å²) in [5, 5.41) is 11.3. The van der Waals surface area contributed by atoms with Crippen LogP contribution in [0.4, 0.5) is 0 Å². The summed E-state index contributed by atoms with van der Waals surface area (Å²) in [4.78, 5) is 34.8. The average Bonchev–Trinajstić information content (AvgIpc) is 2.55. The van der Waals surface area contributed by atoms with Gasteiger partial charge in [0, 0.05) is 10.5 Å². The van der Waals surface area contributed by atoms with E-state index in [0.717, 1.165) is 12.8 Å². The zero-order chi connectivity index (χ0) is 19.2. The molecule has 0 heterocycles. The summed E-state index contributed by atoms with van der Waals surface area (Å²) in [6.07, 6.45) is 3.01. The summed E-state index contributed by atoms with van der Waals surface area (Å²) < 4.78 is 4.79. The smallest absolute Gasteiger partial charge is 0.329 e. The van der Waals surface area contributed by atoms with Gasteiger partial charge in [0.25, 0.3) is 0 Å². The van der Waals surface area contributed by atoms with Gasteiger partial charge in [-0.15, -0.1) is 0 Å². The Hall–Kier alpha value is -1.28. The number of nitrogens with two attached hydrogens (primary N) is 1. The van der Waals surface area contributed by atoms with E-state index in [0.29, 0.717) is 17.6 Å². The van der Waals surface area contributed by atoms with Gasteiger partial charge in [-0.2, -0.15) is 11.8 Å². The molecule has 0 bridgehead atoms. The van der Waals surface area contributed by atoms with Gasteiger partial charge in [0.05, 0.1) is 19.6 Å². The molecular weight excluding hydrogens is 344 g/mol. The monoisotopic (exact) mass is 374 g/mol. The van der Waals surface area contributed by atoms with E-state index in [1.807, 2.05) is 0 Å². The molecule has 1 saturated carbocycles. The predicted molar refractivity (Wildman–Crippen MR) is 97.2 cm³/mol. The molecule has 0 aromatic rings. The van der Waals surface area contributed by atoms with Gasteiger partial charge in [-0.25, -0.2) is 4.79 Å². The number of carboxylic acid groups (broad SMARTS) is 1. The fourth-order valence-corrected chi connectivity index (χ4v) is 4.76. The number of carboxylic acids is 1. The molecule has 1 fully saturated rings. The highest BCUT2D eigenvalue weighted by Gasteiger charge is 2.41. The van der Waals surface area contributed by atoms with Crippen LogP contribution in [0.15, 0.2) is 0 Å². The minimum Gasteiger partial charge on any atom is -0.481 e. The van der Waals surface area contributed by atoms with Crippen LogP contribution in [0, 0.1) is 11.8 Å². The van der Waals surface area contributed by atoms with Crippen molar-refractivity contribution < 1.29 is 24.2 Å². The van der Waals surface area contributed by atoms with Gasteiger partial charge in [-0.05, 0) is 31.6 Å². The fourth-order valence-electron chi connectivity index (χ4n) is 3.21. The summed E-state index contributed by atoms with van der Waals surface area (Å²) in [7, 11) is 1.26. The molecular formula is C17H30N2O5S. The second-order valence-corrected chi connectivity index (χ2v) is 8.52. The standard InChI is InChI=1S/C17H30N2O5S/c1-10-6-5-7-11(2)17(10,3)25-9-13(16(23)24-4)19-15(22)12(18)8-14(20)21/h10-13H,5-9,18H2,1-4H3,(H,19,22)(H,20,21)/t10?,11?,12-,13-,17?/m0/s1. The van der Waals surface area contributed by atoms with Crippen molar-refractivity contribution in [3.8, 4) is 0 Å². The first-order valence-corrected chi connectivity index (χ1v) is 9.59. The molecule has 4 N–H and O–H groups in total. The third-order valence-corrected chi connectivity index (χ3v) is 7.25. The second-order valence-electron chi connectivity index (χ2n) is 7.02. The molecule has 1 amide bonds. The molecule has 0 aromatic carbocycles. The van der Waals surface area contributed by atoms with Gasteiger partial charge in [0.2, 0.25) is 5.91 Å². The zero-order valence-corrected chi connectivity index (χ0v) is 16.2. The minimum absolute atomic E-state index is 0.0123. The van der Waals surface area contributed by atoms with E-state index in [-0.39, 0.29) is 4.75 Å². The lowest BCUT2D eigenvalue weighted by Crippen LogP contribution is -2.51. The van der Waals surface area contributed by atoms with Crippen LogP contribution in [0.1, 0.15) is 46.5 Å². The molecule has 1 aliphatic carbocycles. The van der Waals surface area contributed by atoms with E-state index in [9.17, 15) is 14.4 Å². The number of methoxy groups -OCH3 is 1. The van der Waals surface area contributed by atoms with Crippen molar-refractivity contribution in [1.82, 2.24) is 5.32 Å². The Morgan fingerprint density at radius 3 is 2.36 bits per heavy atom. The van der Waals surface area contributed by atoms with E-state index in [1.54, 1.807) is 11.8 Å². The Morgan fingerprint density at radius 1 is 1.32 bits per heavy atom. The van der Waals surface area contributed by atoms with Gasteiger partial charge >= 0.3 is 11.9 Å². The second kappa shape index (κ2) is 9.43. The number of rotatable bonds is 8. The van der Waals surface area contributed by atoms with E-state index in [1.165, 1.54) is 13.5 Å². The number of amides is 1. The van der Waals surface area contributed by atoms with Crippen LogP contribution >= 0.6 is 11.8 Å². The molecule has 1 aliphatic rings. The summed E-state index contributed by atoms with van der Waals surface area (Å²) >= 11 is 1.66. The summed E-state index contributed by atoms with van der Waals surface area (Å²) in [5.41, 5.74) is 5.57. The lowest BCUT2D eigenvalue weighted by atomic mass is 9.74. The first-order chi connectivity index (χ1) is 11.6. The van der Waals surface area contributed by atoms with E-state index >= 15 is 0 Å². The van der Waals surface area contributed by atoms with E-state index in [4.69, 9.17) is 15.6 Å². The van der Waals surface area contributed by atoms with Crippen molar-refractivity contribution in [3.05, 3.63) is 0 Å². The van der Waals surface area contributed by atoms with Crippen LogP contribution in [-0.4, -0.2) is 52.6 Å². The molecule has 0 aliphatic heterocycles. The predicted octanol–water partition coefficient (Wildman–Crippen LogP) is 1.39. The number of aliphatic carboxylic acids is 1. The minimum atomic E-state index is -1.20. The molecule has 25 heavy (non-hydrogen) atoms. The van der Waals surface area contributed by atoms with Gasteiger partial charge in [-0.1, -0.05) is 20.3 Å². The number of hydrogen-bond donors (Lipinski definition) is 3. The molecule has 8 heteroatoms. The Kier molecular flexibility index (Phi) is 8.21. The first-order valence-electron chi connectivity index (χ1n) is 8.61. The maximum absolute atomic E-state index is 12.1. The number of carbonyl (C=O) groups excluding carboxylic acids is 2. The van der Waals surface area contributed by atoms with Crippen molar-refractivity contribution in [2.75, 3.05) is 12.9 Å². The number of thioether (sulfide) groups is 1. The summed E-state index contributed by atoms with van der Waals surface area (Å²) in [6, 6.07) is -2.04. The highest BCUT2D eigenvalue weighted by molar-refractivity contribution is 8.00. The molecule has 0 spiro atoms. The number of ether oxygens (including phenoxy) is 1. The molecule has 144 valence electrons. The third-order valence-electron chi connectivity index (χ3n) is 5.33. The van der Waals surface area contributed by atoms with Gasteiger partial charge in [-0.3, -0.25) is 9.59 Å². The van der Waals surface area contributed by atoms with Crippen LogP contribution < -0.4 is 11.1 Å². The topological polar surface area (TPSA) is 119 Å². The lowest BCUT2D eigenvalue weighted by molar-refractivity contribution is -0.144. The van der Waals surface area contributed by atoms with Crippen LogP contribution in [0.5, 0.6) is 0 Å². The third kappa shape index (κ3) is 5.88. The van der Waals surface area contributed by atoms with Crippen molar-refractivity contribution in [3.63, 3.8) is 0 Å². The molecule has 4 atom stereocenters. The Labute approximate surface area is 153 Å². The van der Waals surface area contributed by atoms with E-state index < -0.39 is 36.4 Å². The van der Waals surface area contributed by atoms with Crippen molar-refractivity contribution in [1.29, 1.82) is 0 Å². The van der Waals surface area contributed by atoms with Gasteiger partial charge in [0.1, 0.15) is 6.04 Å². The molecule has 0 radical (unpaired) electrons. The number of hydrogen-bond acceptors (Lipinski definition) is 6. The fraction of sp³-hybridized carbons (Fsp3) is 0.824. The molecule has 0 saturated heterocycles. The summed E-state index contributed by atoms with van der Waals surface area (Å²) in [5.74, 6) is -1.00. The number of nitrogens with one attached hydrogen (secondary N) is 1. The maximum atomic E-state index is 12.1.